The lowest BCUT2D eigenvalue weighted by molar-refractivity contribution is 0.405. The van der Waals surface area contributed by atoms with E-state index in [9.17, 15) is 0 Å². The number of hydrogen-bond acceptors (Lipinski definition) is 3. The zero-order valence-corrected chi connectivity index (χ0v) is 13.6. The van der Waals surface area contributed by atoms with Gasteiger partial charge in [0.2, 0.25) is 0 Å². The monoisotopic (exact) mass is 304 g/mol. The summed E-state index contributed by atoms with van der Waals surface area (Å²) in [4.78, 5) is 2.09. The van der Waals surface area contributed by atoms with Gasteiger partial charge >= 0.3 is 0 Å². The topological polar surface area (TPSA) is 24.5 Å². The van der Waals surface area contributed by atoms with E-state index in [2.05, 4.69) is 34.5 Å². The first-order valence-corrected chi connectivity index (χ1v) is 7.22. The van der Waals surface area contributed by atoms with Crippen molar-refractivity contribution in [2.24, 2.45) is 0 Å². The number of rotatable bonds is 5. The Kier molecular flexibility index (Phi) is 5.10. The first kappa shape index (κ1) is 15.7. The second-order valence-electron chi connectivity index (χ2n) is 5.10. The molecule has 0 saturated heterocycles. The molecule has 0 aliphatic carbocycles. The van der Waals surface area contributed by atoms with E-state index in [1.165, 1.54) is 5.56 Å². The van der Waals surface area contributed by atoms with Crippen molar-refractivity contribution < 1.29 is 4.74 Å². The third-order valence-electron chi connectivity index (χ3n) is 3.51. The van der Waals surface area contributed by atoms with Gasteiger partial charge in [0.15, 0.2) is 0 Å². The van der Waals surface area contributed by atoms with E-state index in [1.807, 2.05) is 39.3 Å². The Balaban J connectivity index is 2.49. The van der Waals surface area contributed by atoms with Gasteiger partial charge < -0.3 is 15.0 Å². The zero-order chi connectivity index (χ0) is 15.4. The normalized spacial score (nSPS) is 12.0. The van der Waals surface area contributed by atoms with Gasteiger partial charge in [-0.1, -0.05) is 23.7 Å². The molecule has 1 atom stereocenters. The molecule has 0 aliphatic heterocycles. The van der Waals surface area contributed by atoms with E-state index in [4.69, 9.17) is 16.3 Å². The van der Waals surface area contributed by atoms with Gasteiger partial charge in [0.25, 0.3) is 0 Å². The van der Waals surface area contributed by atoms with Gasteiger partial charge in [0, 0.05) is 30.4 Å². The van der Waals surface area contributed by atoms with Gasteiger partial charge in [-0.25, -0.2) is 0 Å². The van der Waals surface area contributed by atoms with Crippen LogP contribution in [0.25, 0.3) is 0 Å². The van der Waals surface area contributed by atoms with Crippen LogP contribution in [0, 0.1) is 0 Å². The Bertz CT molecular complexity index is 613. The number of halogens is 1. The minimum absolute atomic E-state index is 0.0264. The highest BCUT2D eigenvalue weighted by atomic mass is 35.5. The number of nitrogens with one attached hydrogen (secondary N) is 1. The van der Waals surface area contributed by atoms with E-state index in [0.717, 1.165) is 17.0 Å². The van der Waals surface area contributed by atoms with E-state index >= 15 is 0 Å². The van der Waals surface area contributed by atoms with Crippen LogP contribution in [-0.2, 0) is 0 Å². The van der Waals surface area contributed by atoms with Crippen LogP contribution in [0.2, 0.25) is 5.02 Å². The molecule has 1 unspecified atom stereocenters. The van der Waals surface area contributed by atoms with Crippen LogP contribution in [0.3, 0.4) is 0 Å². The molecule has 1 N–H and O–H groups in total. The summed E-state index contributed by atoms with van der Waals surface area (Å²) in [6.07, 6.45) is 0. The fraction of sp³-hybridized carbons (Fsp3) is 0.294. The fourth-order valence-electron chi connectivity index (χ4n) is 2.42. The molecule has 0 fully saturated rings. The van der Waals surface area contributed by atoms with Crippen LogP contribution in [0.5, 0.6) is 5.75 Å². The van der Waals surface area contributed by atoms with Crippen molar-refractivity contribution in [3.63, 3.8) is 0 Å². The van der Waals surface area contributed by atoms with Crippen molar-refractivity contribution in [1.29, 1.82) is 0 Å². The zero-order valence-electron chi connectivity index (χ0n) is 12.9. The molecule has 0 aliphatic rings. The van der Waals surface area contributed by atoms with E-state index < -0.39 is 0 Å². The van der Waals surface area contributed by atoms with Crippen LogP contribution in [0.1, 0.15) is 17.2 Å². The van der Waals surface area contributed by atoms with Gasteiger partial charge in [-0.3, -0.25) is 0 Å². The Labute approximate surface area is 131 Å². The maximum absolute atomic E-state index is 6.15. The van der Waals surface area contributed by atoms with Gasteiger partial charge in [0.05, 0.1) is 13.2 Å². The predicted molar refractivity (Wildman–Crippen MR) is 89.7 cm³/mol. The molecule has 0 saturated carbocycles. The molecule has 4 heteroatoms. The lowest BCUT2D eigenvalue weighted by atomic mass is 9.97. The second-order valence-corrected chi connectivity index (χ2v) is 5.53. The van der Waals surface area contributed by atoms with Crippen molar-refractivity contribution in [2.45, 2.75) is 6.04 Å². The molecule has 0 heterocycles. The molecular weight excluding hydrogens is 284 g/mol. The van der Waals surface area contributed by atoms with Crippen LogP contribution in [0.15, 0.2) is 42.5 Å². The molecule has 112 valence electrons. The highest BCUT2D eigenvalue weighted by molar-refractivity contribution is 6.30. The quantitative estimate of drug-likeness (QED) is 0.911. The van der Waals surface area contributed by atoms with Gasteiger partial charge in [0.1, 0.15) is 5.75 Å². The molecule has 0 aromatic heterocycles. The Morgan fingerprint density at radius 3 is 2.52 bits per heavy atom. The summed E-state index contributed by atoms with van der Waals surface area (Å²) >= 11 is 6.15. The summed E-state index contributed by atoms with van der Waals surface area (Å²) in [5, 5.41) is 4.05. The van der Waals surface area contributed by atoms with Gasteiger partial charge in [-0.15, -0.1) is 0 Å². The highest BCUT2D eigenvalue weighted by Gasteiger charge is 2.17. The Morgan fingerprint density at radius 1 is 1.14 bits per heavy atom. The largest absolute Gasteiger partial charge is 0.496 e. The summed E-state index contributed by atoms with van der Waals surface area (Å²) in [5.74, 6) is 0.828. The molecule has 0 bridgehead atoms. The standard InChI is InChI=1S/C17H21ClN2O/c1-19-17(12-6-5-7-14(10-12)20(2)3)15-11-13(18)8-9-16(15)21-4/h5-11,17,19H,1-4H3. The minimum Gasteiger partial charge on any atom is -0.496 e. The molecule has 0 radical (unpaired) electrons. The fourth-order valence-corrected chi connectivity index (χ4v) is 2.60. The van der Waals surface area contributed by atoms with Crippen LogP contribution in [0.4, 0.5) is 5.69 Å². The van der Waals surface area contributed by atoms with E-state index in [1.54, 1.807) is 7.11 Å². The molecule has 2 rings (SSSR count). The highest BCUT2D eigenvalue weighted by Crippen LogP contribution is 2.33. The first-order chi connectivity index (χ1) is 10.1. The number of methoxy groups -OCH3 is 1. The molecule has 0 spiro atoms. The second kappa shape index (κ2) is 6.83. The third-order valence-corrected chi connectivity index (χ3v) is 3.75. The summed E-state index contributed by atoms with van der Waals surface area (Å²) in [6, 6.07) is 14.1. The molecule has 3 nitrogen and oxygen atoms in total. The number of benzene rings is 2. The Morgan fingerprint density at radius 2 is 1.90 bits per heavy atom. The van der Waals surface area contributed by atoms with Crippen LogP contribution >= 0.6 is 11.6 Å². The Hall–Kier alpha value is -1.71. The SMILES string of the molecule is CNC(c1cccc(N(C)C)c1)c1cc(Cl)ccc1OC. The average molecular weight is 305 g/mol. The molecule has 21 heavy (non-hydrogen) atoms. The van der Waals surface area contributed by atoms with Crippen molar-refractivity contribution >= 4 is 17.3 Å². The number of nitrogens with zero attached hydrogens (tertiary/aromatic N) is 1. The summed E-state index contributed by atoms with van der Waals surface area (Å²) in [5.41, 5.74) is 3.36. The lowest BCUT2D eigenvalue weighted by Gasteiger charge is -2.22. The van der Waals surface area contributed by atoms with E-state index in [0.29, 0.717) is 5.02 Å². The van der Waals surface area contributed by atoms with Crippen molar-refractivity contribution in [2.75, 3.05) is 33.2 Å². The van der Waals surface area contributed by atoms with Gasteiger partial charge in [-0.05, 0) is 42.9 Å². The third kappa shape index (κ3) is 3.49. The van der Waals surface area contributed by atoms with Gasteiger partial charge in [-0.2, -0.15) is 0 Å². The van der Waals surface area contributed by atoms with Crippen molar-refractivity contribution in [3.8, 4) is 5.75 Å². The van der Waals surface area contributed by atoms with Crippen molar-refractivity contribution in [1.82, 2.24) is 5.32 Å². The summed E-state index contributed by atoms with van der Waals surface area (Å²) in [6.45, 7) is 0. The number of ether oxygens (including phenoxy) is 1. The van der Waals surface area contributed by atoms with Crippen LogP contribution < -0.4 is 15.0 Å². The molecule has 2 aromatic rings. The molecular formula is C17H21ClN2O. The minimum atomic E-state index is 0.0264. The first-order valence-electron chi connectivity index (χ1n) is 6.84. The average Bonchev–Trinajstić information content (AvgIpc) is 2.48. The van der Waals surface area contributed by atoms with E-state index in [-0.39, 0.29) is 6.04 Å². The summed E-state index contributed by atoms with van der Waals surface area (Å²) in [7, 11) is 7.68. The molecule has 2 aromatic carbocycles. The maximum atomic E-state index is 6.15. The smallest absolute Gasteiger partial charge is 0.124 e. The van der Waals surface area contributed by atoms with Crippen LogP contribution in [-0.4, -0.2) is 28.3 Å². The summed E-state index contributed by atoms with van der Waals surface area (Å²) < 4.78 is 5.47. The number of anilines is 1. The predicted octanol–water partition coefficient (Wildman–Crippen LogP) is 3.72. The maximum Gasteiger partial charge on any atom is 0.124 e. The lowest BCUT2D eigenvalue weighted by Crippen LogP contribution is -2.19. The van der Waals surface area contributed by atoms with Crippen molar-refractivity contribution in [3.05, 3.63) is 58.6 Å². The number of hydrogen-bond donors (Lipinski definition) is 1. The molecule has 0 amide bonds.